The van der Waals surface area contributed by atoms with Gasteiger partial charge in [0.15, 0.2) is 0 Å². The maximum absolute atomic E-state index is 14.2. The van der Waals surface area contributed by atoms with Crippen molar-refractivity contribution in [2.45, 2.75) is 0 Å². The Balaban J connectivity index is 1.55. The Bertz CT molecular complexity index is 1230. The summed E-state index contributed by atoms with van der Waals surface area (Å²) in [6, 6.07) is 17.2. The van der Waals surface area contributed by atoms with E-state index in [1.54, 1.807) is 18.2 Å². The summed E-state index contributed by atoms with van der Waals surface area (Å²) >= 11 is 6.53. The van der Waals surface area contributed by atoms with Crippen molar-refractivity contribution >= 4 is 40.2 Å². The van der Waals surface area contributed by atoms with E-state index in [1.807, 2.05) is 24.3 Å². The quantitative estimate of drug-likeness (QED) is 0.416. The van der Waals surface area contributed by atoms with E-state index in [0.717, 1.165) is 24.3 Å². The van der Waals surface area contributed by atoms with Crippen LogP contribution in [-0.4, -0.2) is 37.3 Å². The fourth-order valence-corrected chi connectivity index (χ4v) is 4.38. The van der Waals surface area contributed by atoms with E-state index in [9.17, 15) is 14.3 Å². The highest BCUT2D eigenvalue weighted by Crippen LogP contribution is 2.42. The molecule has 5 nitrogen and oxygen atoms in total. The monoisotopic (exact) mass is 450 g/mol. The number of aliphatic hydroxyl groups excluding tert-OH is 1. The molecule has 0 saturated carbocycles. The molecule has 1 saturated heterocycles. The molecular formula is C25H20ClFN2O3. The van der Waals surface area contributed by atoms with E-state index in [2.05, 4.69) is 10.2 Å². The van der Waals surface area contributed by atoms with Crippen LogP contribution in [0.3, 0.4) is 0 Å². The molecule has 0 aliphatic carbocycles. The number of carbonyl (C=O) groups is 1. The van der Waals surface area contributed by atoms with Crippen molar-refractivity contribution in [3.63, 3.8) is 0 Å². The van der Waals surface area contributed by atoms with Gasteiger partial charge < -0.3 is 20.1 Å². The second-order valence-electron chi connectivity index (χ2n) is 7.68. The molecule has 3 aromatic carbocycles. The average Bonchev–Trinajstić information content (AvgIpc) is 3.13. The van der Waals surface area contributed by atoms with E-state index >= 15 is 0 Å². The van der Waals surface area contributed by atoms with Crippen molar-refractivity contribution in [1.82, 2.24) is 0 Å². The Morgan fingerprint density at radius 2 is 1.75 bits per heavy atom. The van der Waals surface area contributed by atoms with Crippen LogP contribution in [0.5, 0.6) is 0 Å². The molecule has 0 spiro atoms. The number of ether oxygens (including phenoxy) is 1. The summed E-state index contributed by atoms with van der Waals surface area (Å²) in [5.74, 6) is -1.52. The molecule has 1 fully saturated rings. The number of nitrogens with one attached hydrogen (secondary N) is 1. The maximum Gasteiger partial charge on any atom is 0.260 e. The Kier molecular flexibility index (Phi) is 5.33. The first kappa shape index (κ1) is 20.5. The van der Waals surface area contributed by atoms with Gasteiger partial charge in [0.1, 0.15) is 11.6 Å². The van der Waals surface area contributed by atoms with Gasteiger partial charge in [0.25, 0.3) is 5.91 Å². The summed E-state index contributed by atoms with van der Waals surface area (Å²) in [5, 5.41) is 13.9. The fraction of sp³-hybridized carbons (Fsp3) is 0.160. The number of benzene rings is 3. The molecule has 1 amide bonds. The number of hydrogen-bond donors (Lipinski definition) is 2. The Morgan fingerprint density at radius 1 is 1.03 bits per heavy atom. The van der Waals surface area contributed by atoms with Crippen LogP contribution in [0.2, 0.25) is 5.02 Å². The number of hydrogen-bond acceptors (Lipinski definition) is 4. The lowest BCUT2D eigenvalue weighted by atomic mass is 9.97. The molecule has 2 aliphatic heterocycles. The van der Waals surface area contributed by atoms with Crippen molar-refractivity contribution in [2.75, 3.05) is 36.5 Å². The molecule has 0 atom stereocenters. The lowest BCUT2D eigenvalue weighted by Crippen LogP contribution is -2.36. The van der Waals surface area contributed by atoms with Crippen LogP contribution >= 0.6 is 11.6 Å². The van der Waals surface area contributed by atoms with Crippen molar-refractivity contribution in [3.8, 4) is 11.1 Å². The SMILES string of the molecule is O=C1Nc2cc(Cl)c(-c3ccc(N4CCOCC4)cc3)cc2/C1=C(/O)c1ccccc1F. The molecule has 2 heterocycles. The third-order valence-electron chi connectivity index (χ3n) is 5.77. The minimum Gasteiger partial charge on any atom is -0.506 e. The van der Waals surface area contributed by atoms with Gasteiger partial charge in [-0.3, -0.25) is 4.79 Å². The average molecular weight is 451 g/mol. The molecule has 2 aliphatic rings. The zero-order chi connectivity index (χ0) is 22.2. The molecule has 3 aromatic rings. The van der Waals surface area contributed by atoms with Crippen molar-refractivity contribution < 1.29 is 19.0 Å². The highest BCUT2D eigenvalue weighted by molar-refractivity contribution is 6.38. The molecule has 0 aromatic heterocycles. The fourth-order valence-electron chi connectivity index (χ4n) is 4.11. The number of carbonyl (C=O) groups excluding carboxylic acids is 1. The number of halogens is 2. The first-order valence-electron chi connectivity index (χ1n) is 10.3. The van der Waals surface area contributed by atoms with Crippen LogP contribution in [0, 0.1) is 5.82 Å². The normalized spacial score (nSPS) is 17.2. The van der Waals surface area contributed by atoms with E-state index in [0.29, 0.717) is 35.1 Å². The summed E-state index contributed by atoms with van der Waals surface area (Å²) in [6.45, 7) is 3.10. The zero-order valence-electron chi connectivity index (χ0n) is 17.1. The van der Waals surface area contributed by atoms with Gasteiger partial charge in [-0.1, -0.05) is 35.9 Å². The van der Waals surface area contributed by atoms with Gasteiger partial charge in [-0.2, -0.15) is 0 Å². The Morgan fingerprint density at radius 3 is 2.47 bits per heavy atom. The molecule has 5 rings (SSSR count). The number of rotatable bonds is 3. The van der Waals surface area contributed by atoms with E-state index in [1.165, 1.54) is 18.2 Å². The predicted octanol–water partition coefficient (Wildman–Crippen LogP) is 5.36. The highest BCUT2D eigenvalue weighted by Gasteiger charge is 2.30. The Hall–Kier alpha value is -3.35. The van der Waals surface area contributed by atoms with Crippen LogP contribution in [0.15, 0.2) is 60.7 Å². The van der Waals surface area contributed by atoms with Crippen LogP contribution < -0.4 is 10.2 Å². The molecule has 32 heavy (non-hydrogen) atoms. The molecule has 162 valence electrons. The largest absolute Gasteiger partial charge is 0.506 e. The van der Waals surface area contributed by atoms with E-state index < -0.39 is 17.5 Å². The van der Waals surface area contributed by atoms with Crippen LogP contribution in [0.1, 0.15) is 11.1 Å². The minimum absolute atomic E-state index is 0.0213. The molecule has 0 radical (unpaired) electrons. The van der Waals surface area contributed by atoms with Gasteiger partial charge in [0, 0.05) is 29.9 Å². The second-order valence-corrected chi connectivity index (χ2v) is 8.09. The predicted molar refractivity (Wildman–Crippen MR) is 124 cm³/mol. The summed E-state index contributed by atoms with van der Waals surface area (Å²) in [6.07, 6.45) is 0. The van der Waals surface area contributed by atoms with Crippen molar-refractivity contribution in [1.29, 1.82) is 0 Å². The Labute approximate surface area is 189 Å². The lowest BCUT2D eigenvalue weighted by Gasteiger charge is -2.29. The number of morpholine rings is 1. The molecular weight excluding hydrogens is 431 g/mol. The van der Waals surface area contributed by atoms with Gasteiger partial charge in [0.2, 0.25) is 0 Å². The smallest absolute Gasteiger partial charge is 0.260 e. The first-order valence-corrected chi connectivity index (χ1v) is 10.7. The van der Waals surface area contributed by atoms with Gasteiger partial charge in [0.05, 0.1) is 35.1 Å². The zero-order valence-corrected chi connectivity index (χ0v) is 17.8. The summed E-state index contributed by atoms with van der Waals surface area (Å²) < 4.78 is 19.6. The summed E-state index contributed by atoms with van der Waals surface area (Å²) in [5.41, 5.74) is 3.64. The number of aliphatic hydroxyl groups is 1. The van der Waals surface area contributed by atoms with Gasteiger partial charge in [-0.15, -0.1) is 0 Å². The van der Waals surface area contributed by atoms with Crippen LogP contribution in [-0.2, 0) is 9.53 Å². The number of nitrogens with zero attached hydrogens (tertiary/aromatic N) is 1. The van der Waals surface area contributed by atoms with Gasteiger partial charge in [-0.25, -0.2) is 4.39 Å². The third kappa shape index (κ3) is 3.61. The topological polar surface area (TPSA) is 61.8 Å². The summed E-state index contributed by atoms with van der Waals surface area (Å²) in [4.78, 5) is 14.9. The van der Waals surface area contributed by atoms with Gasteiger partial charge in [-0.05, 0) is 42.0 Å². The molecule has 7 heteroatoms. The lowest BCUT2D eigenvalue weighted by molar-refractivity contribution is -0.110. The minimum atomic E-state index is -0.605. The second kappa shape index (κ2) is 8.30. The molecule has 0 bridgehead atoms. The first-order chi connectivity index (χ1) is 15.5. The van der Waals surface area contributed by atoms with Crippen LogP contribution in [0.25, 0.3) is 22.5 Å². The van der Waals surface area contributed by atoms with Crippen molar-refractivity contribution in [2.24, 2.45) is 0 Å². The number of amides is 1. The highest BCUT2D eigenvalue weighted by atomic mass is 35.5. The standard InChI is InChI=1S/C25H20ClFN2O3/c26-20-14-22-19(23(25(31)28-22)24(30)17-3-1-2-4-21(17)27)13-18(20)15-5-7-16(8-6-15)29-9-11-32-12-10-29/h1-8,13-14,30H,9-12H2,(H,28,31)/b24-23-. The van der Waals surface area contributed by atoms with Crippen LogP contribution in [0.4, 0.5) is 15.8 Å². The van der Waals surface area contributed by atoms with Crippen molar-refractivity contribution in [3.05, 3.63) is 82.6 Å². The summed E-state index contributed by atoms with van der Waals surface area (Å²) in [7, 11) is 0. The third-order valence-corrected chi connectivity index (χ3v) is 6.08. The van der Waals surface area contributed by atoms with E-state index in [4.69, 9.17) is 16.3 Å². The maximum atomic E-state index is 14.2. The number of fused-ring (bicyclic) bond motifs is 1. The van der Waals surface area contributed by atoms with E-state index in [-0.39, 0.29) is 11.1 Å². The molecule has 2 N–H and O–H groups in total. The number of anilines is 2. The molecule has 0 unspecified atom stereocenters. The van der Waals surface area contributed by atoms with Gasteiger partial charge >= 0.3 is 0 Å².